The fraction of sp³-hybridized carbons (Fsp3) is 0.542. The monoisotopic (exact) mass is 910 g/mol. The molecule has 2 saturated heterocycles. The standard InChI is InChI=1S/C48H67N11O7/c1-30(60)54-39(27-32-15-6-3-7-16-32)44(63)57-38-20-11-24-51-42(61)36(19-10-25-52-48(49)50)55-45(64)40(28-33-29-53-35-18-9-8-17-34(33)35)58-43(62)37(23-22-31-13-4-2-5-14-31)56-46(65)41-21-12-26-59(41)47(38)66/h3,6-9,15-18,29,31,36-41,53H,2,4-5,10-14,19-28H2,1H3,(H,51,61)(H,54,60)(H,55,64)(H,56,65)(H,57,63)(H,58,62)(H4,49,50,52)/t36?,37-,38+,39+,40?,41?/m1/s1. The summed E-state index contributed by atoms with van der Waals surface area (Å²) >= 11 is 0. The van der Waals surface area contributed by atoms with Crippen LogP contribution in [0.25, 0.3) is 10.9 Å². The van der Waals surface area contributed by atoms with Gasteiger partial charge in [0, 0.05) is 56.5 Å². The fourth-order valence-corrected chi connectivity index (χ4v) is 9.44. The van der Waals surface area contributed by atoms with E-state index in [1.807, 2.05) is 54.6 Å². The number of H-pyrrole nitrogens is 1. The SMILES string of the molecule is CC(=O)N[C@@H](Cc1ccccc1)C(=O)N[C@H]1CCCNC(=O)C(CCCN=C(N)N)NC(=O)C(Cc2c[nH]c3ccccc23)NC(=O)[C@@H](CCC2CCCCC2)NC(=O)C2CCCN2C1=O. The van der Waals surface area contributed by atoms with Crippen LogP contribution in [-0.2, 0) is 46.4 Å². The number of para-hydroxylation sites is 1. The quantitative estimate of drug-likeness (QED) is 0.0646. The number of amides is 7. The van der Waals surface area contributed by atoms with Gasteiger partial charge in [-0.25, -0.2) is 0 Å². The number of hydrogen-bond donors (Lipinski definition) is 9. The highest BCUT2D eigenvalue weighted by molar-refractivity contribution is 5.98. The van der Waals surface area contributed by atoms with Gasteiger partial charge < -0.3 is 53.3 Å². The number of rotatable bonds is 14. The van der Waals surface area contributed by atoms with Crippen molar-refractivity contribution in [1.29, 1.82) is 0 Å². The van der Waals surface area contributed by atoms with Crippen LogP contribution >= 0.6 is 0 Å². The van der Waals surface area contributed by atoms with E-state index < -0.39 is 77.6 Å². The van der Waals surface area contributed by atoms with Gasteiger partial charge in [0.15, 0.2) is 5.96 Å². The first-order valence-electron chi connectivity index (χ1n) is 23.6. The van der Waals surface area contributed by atoms with Crippen molar-refractivity contribution in [2.45, 2.75) is 139 Å². The van der Waals surface area contributed by atoms with Crippen LogP contribution in [0.5, 0.6) is 0 Å². The van der Waals surface area contributed by atoms with Crippen molar-refractivity contribution in [3.63, 3.8) is 0 Å². The number of guanidine groups is 1. The Kier molecular flexibility index (Phi) is 17.9. The van der Waals surface area contributed by atoms with Gasteiger partial charge in [-0.1, -0.05) is 80.6 Å². The summed E-state index contributed by atoms with van der Waals surface area (Å²) in [4.78, 5) is 107. The Morgan fingerprint density at radius 3 is 2.23 bits per heavy atom. The zero-order chi connectivity index (χ0) is 47.0. The van der Waals surface area contributed by atoms with Gasteiger partial charge in [0.25, 0.3) is 0 Å². The van der Waals surface area contributed by atoms with Gasteiger partial charge in [-0.15, -0.1) is 0 Å². The average Bonchev–Trinajstić information content (AvgIpc) is 3.97. The molecule has 1 aromatic heterocycles. The number of nitrogens with one attached hydrogen (secondary N) is 7. The van der Waals surface area contributed by atoms with Crippen molar-refractivity contribution in [2.75, 3.05) is 19.6 Å². The number of aromatic nitrogens is 1. The van der Waals surface area contributed by atoms with Gasteiger partial charge >= 0.3 is 0 Å². The topological polar surface area (TPSA) is 275 Å². The predicted molar refractivity (Wildman–Crippen MR) is 250 cm³/mol. The van der Waals surface area contributed by atoms with Crippen LogP contribution in [0.3, 0.4) is 0 Å². The summed E-state index contributed by atoms with van der Waals surface area (Å²) in [5.41, 5.74) is 13.5. The third-order valence-corrected chi connectivity index (χ3v) is 12.9. The van der Waals surface area contributed by atoms with E-state index in [1.165, 1.54) is 11.8 Å². The molecule has 1 aliphatic carbocycles. The summed E-state index contributed by atoms with van der Waals surface area (Å²) in [6, 6.07) is 10.5. The molecule has 18 nitrogen and oxygen atoms in total. The van der Waals surface area contributed by atoms with Crippen molar-refractivity contribution < 1.29 is 33.6 Å². The summed E-state index contributed by atoms with van der Waals surface area (Å²) in [6.45, 7) is 1.82. The van der Waals surface area contributed by atoms with Gasteiger partial charge in [0.05, 0.1) is 0 Å². The molecule has 7 amide bonds. The number of nitrogens with two attached hydrogens (primary N) is 2. The molecule has 1 saturated carbocycles. The summed E-state index contributed by atoms with van der Waals surface area (Å²) in [7, 11) is 0. The molecule has 2 aliphatic heterocycles. The van der Waals surface area contributed by atoms with Crippen LogP contribution in [0.2, 0.25) is 0 Å². The number of hydrogen-bond acceptors (Lipinski definition) is 8. The minimum Gasteiger partial charge on any atom is -0.370 e. The van der Waals surface area contributed by atoms with E-state index in [4.69, 9.17) is 11.5 Å². The summed E-state index contributed by atoms with van der Waals surface area (Å²) < 4.78 is 0. The Morgan fingerprint density at radius 2 is 1.47 bits per heavy atom. The lowest BCUT2D eigenvalue weighted by molar-refractivity contribution is -0.142. The molecule has 6 atom stereocenters. The Hall–Kier alpha value is -6.46. The highest BCUT2D eigenvalue weighted by Gasteiger charge is 2.40. The molecule has 0 spiro atoms. The van der Waals surface area contributed by atoms with Crippen molar-refractivity contribution in [3.8, 4) is 0 Å². The first-order chi connectivity index (χ1) is 31.9. The maximum absolute atomic E-state index is 14.6. The Morgan fingerprint density at radius 1 is 0.773 bits per heavy atom. The van der Waals surface area contributed by atoms with Gasteiger partial charge in [0.1, 0.15) is 36.3 Å². The van der Waals surface area contributed by atoms with Crippen LogP contribution in [0.1, 0.15) is 102 Å². The smallest absolute Gasteiger partial charge is 0.245 e. The molecular formula is C48H67N11O7. The second-order valence-electron chi connectivity index (χ2n) is 17.9. The van der Waals surface area contributed by atoms with E-state index in [-0.39, 0.29) is 57.7 Å². The molecule has 11 N–H and O–H groups in total. The number of benzene rings is 2. The lowest BCUT2D eigenvalue weighted by atomic mass is 9.85. The lowest BCUT2D eigenvalue weighted by Gasteiger charge is -2.32. The van der Waals surface area contributed by atoms with E-state index in [9.17, 15) is 33.6 Å². The number of carbonyl (C=O) groups excluding carboxylic acids is 7. The number of carbonyl (C=O) groups is 7. The minimum absolute atomic E-state index is 0.0694. The Balaban J connectivity index is 1.31. The van der Waals surface area contributed by atoms with Gasteiger partial charge in [-0.2, -0.15) is 0 Å². The molecule has 18 heteroatoms. The third-order valence-electron chi connectivity index (χ3n) is 12.9. The van der Waals surface area contributed by atoms with Crippen LogP contribution in [0.15, 0.2) is 65.8 Å². The first kappa shape index (κ1) is 49.0. The van der Waals surface area contributed by atoms with E-state index in [0.29, 0.717) is 38.0 Å². The molecule has 3 fully saturated rings. The highest BCUT2D eigenvalue weighted by atomic mass is 16.2. The normalized spacial score (nSPS) is 23.3. The summed E-state index contributed by atoms with van der Waals surface area (Å²) in [5.74, 6) is -3.37. The van der Waals surface area contributed by atoms with Crippen LogP contribution in [0.4, 0.5) is 0 Å². The van der Waals surface area contributed by atoms with Crippen LogP contribution < -0.4 is 43.4 Å². The highest BCUT2D eigenvalue weighted by Crippen LogP contribution is 2.28. The molecule has 3 aromatic rings. The first-order valence-corrected chi connectivity index (χ1v) is 23.6. The van der Waals surface area contributed by atoms with E-state index >= 15 is 0 Å². The predicted octanol–water partition coefficient (Wildman–Crippen LogP) is 1.71. The second kappa shape index (κ2) is 24.2. The second-order valence-corrected chi connectivity index (χ2v) is 17.9. The number of nitrogens with zero attached hydrogens (tertiary/aromatic N) is 2. The summed E-state index contributed by atoms with van der Waals surface area (Å²) in [5, 5.41) is 18.2. The van der Waals surface area contributed by atoms with Crippen molar-refractivity contribution >= 4 is 58.2 Å². The Bertz CT molecular complexity index is 2190. The molecule has 3 heterocycles. The van der Waals surface area contributed by atoms with E-state index in [0.717, 1.165) is 54.1 Å². The fourth-order valence-electron chi connectivity index (χ4n) is 9.44. The van der Waals surface area contributed by atoms with E-state index in [2.05, 4.69) is 41.9 Å². The van der Waals surface area contributed by atoms with Crippen molar-refractivity contribution in [1.82, 2.24) is 41.8 Å². The molecule has 356 valence electrons. The molecule has 3 aliphatic rings. The molecule has 3 unspecified atom stereocenters. The van der Waals surface area contributed by atoms with Gasteiger partial charge in [-0.3, -0.25) is 38.6 Å². The van der Waals surface area contributed by atoms with Crippen LogP contribution in [0, 0.1) is 5.92 Å². The molecule has 66 heavy (non-hydrogen) atoms. The van der Waals surface area contributed by atoms with Gasteiger partial charge in [-0.05, 0) is 74.5 Å². The molecule has 6 rings (SSSR count). The zero-order valence-corrected chi connectivity index (χ0v) is 37.9. The van der Waals surface area contributed by atoms with Gasteiger partial charge in [0.2, 0.25) is 41.4 Å². The largest absolute Gasteiger partial charge is 0.370 e. The number of fused-ring (bicyclic) bond motifs is 2. The van der Waals surface area contributed by atoms with Crippen molar-refractivity contribution in [2.24, 2.45) is 22.4 Å². The maximum atomic E-state index is 14.6. The minimum atomic E-state index is -1.14. The maximum Gasteiger partial charge on any atom is 0.245 e. The van der Waals surface area contributed by atoms with Crippen LogP contribution in [-0.4, -0.2) is 113 Å². The van der Waals surface area contributed by atoms with E-state index in [1.54, 1.807) is 6.20 Å². The zero-order valence-electron chi connectivity index (χ0n) is 37.9. The lowest BCUT2D eigenvalue weighted by Crippen LogP contribution is -2.60. The number of aliphatic imine (C=N–C) groups is 1. The molecule has 2 aromatic carbocycles. The third kappa shape index (κ3) is 14.0. The summed E-state index contributed by atoms with van der Waals surface area (Å²) in [6.07, 6.45) is 10.1. The molecule has 0 radical (unpaired) electrons. The molecular weight excluding hydrogens is 843 g/mol. The average molecular weight is 910 g/mol. The van der Waals surface area contributed by atoms with Crippen molar-refractivity contribution in [3.05, 3.63) is 71.9 Å². The number of aromatic amines is 1. The molecule has 0 bridgehead atoms. The Labute approximate surface area is 386 Å².